The van der Waals surface area contributed by atoms with Gasteiger partial charge in [-0.1, -0.05) is 11.6 Å². The Morgan fingerprint density at radius 1 is 1.16 bits per heavy atom. The van der Waals surface area contributed by atoms with Crippen LogP contribution in [0.15, 0.2) is 24.3 Å². The molecule has 2 aliphatic rings. The third kappa shape index (κ3) is 2.93. The number of halogens is 1. The first-order valence-corrected chi connectivity index (χ1v) is 8.39. The van der Waals surface area contributed by atoms with Crippen LogP contribution in [0.4, 0.5) is 16.2 Å². The van der Waals surface area contributed by atoms with Gasteiger partial charge in [-0.15, -0.1) is 0 Å². The van der Waals surface area contributed by atoms with Gasteiger partial charge in [-0.25, -0.2) is 4.79 Å². The van der Waals surface area contributed by atoms with Crippen LogP contribution in [-0.2, 0) is 12.8 Å². The highest BCUT2D eigenvalue weighted by molar-refractivity contribution is 6.32. The van der Waals surface area contributed by atoms with E-state index in [1.165, 1.54) is 0 Å². The van der Waals surface area contributed by atoms with Crippen LogP contribution in [0, 0.1) is 0 Å². The molecule has 0 spiro atoms. The molecule has 2 N–H and O–H groups in total. The number of carbonyl (C=O) groups is 1. The second kappa shape index (κ2) is 6.37. The van der Waals surface area contributed by atoms with Crippen molar-refractivity contribution in [2.75, 3.05) is 31.0 Å². The Balaban J connectivity index is 1.57. The summed E-state index contributed by atoms with van der Waals surface area (Å²) in [4.78, 5) is 12.5. The minimum Gasteiger partial charge on any atom is -0.495 e. The normalized spacial score (nSPS) is 14.2. The molecule has 0 aliphatic carbocycles. The van der Waals surface area contributed by atoms with E-state index in [0.29, 0.717) is 35.4 Å². The lowest BCUT2D eigenvalue weighted by molar-refractivity contribution is 0.262. The highest BCUT2D eigenvalue weighted by atomic mass is 35.5. The minimum atomic E-state index is -0.362. The number of urea groups is 1. The topological polar surface area (TPSA) is 68.8 Å². The van der Waals surface area contributed by atoms with Crippen molar-refractivity contribution in [1.29, 1.82) is 0 Å². The maximum absolute atomic E-state index is 12.5. The highest BCUT2D eigenvalue weighted by Gasteiger charge is 2.27. The number of amides is 2. The van der Waals surface area contributed by atoms with Crippen LogP contribution in [0.3, 0.4) is 0 Å². The van der Waals surface area contributed by atoms with Gasteiger partial charge in [0.15, 0.2) is 0 Å². The van der Waals surface area contributed by atoms with Gasteiger partial charge in [0.1, 0.15) is 17.2 Å². The Hall–Kier alpha value is -2.60. The molecule has 2 aromatic rings. The molecule has 0 fully saturated rings. The van der Waals surface area contributed by atoms with Crippen LogP contribution in [0.5, 0.6) is 17.2 Å². The van der Waals surface area contributed by atoms with Gasteiger partial charge in [0.05, 0.1) is 31.0 Å². The number of nitrogens with one attached hydrogen (secondary N) is 2. The summed E-state index contributed by atoms with van der Waals surface area (Å²) in [6, 6.07) is 6.71. The molecule has 0 atom stereocenters. The molecule has 2 aromatic carbocycles. The third-order valence-corrected chi connectivity index (χ3v) is 4.59. The fourth-order valence-corrected chi connectivity index (χ4v) is 3.40. The number of hydrogen-bond donors (Lipinski definition) is 2. The van der Waals surface area contributed by atoms with Gasteiger partial charge in [-0.05, 0) is 24.3 Å². The van der Waals surface area contributed by atoms with E-state index in [2.05, 4.69) is 10.6 Å². The number of hydrogen-bond acceptors (Lipinski definition) is 4. The van der Waals surface area contributed by atoms with Crippen LogP contribution in [0.2, 0.25) is 5.02 Å². The van der Waals surface area contributed by atoms with E-state index in [-0.39, 0.29) is 6.03 Å². The van der Waals surface area contributed by atoms with E-state index < -0.39 is 0 Å². The van der Waals surface area contributed by atoms with E-state index in [1.54, 1.807) is 25.3 Å². The fourth-order valence-electron chi connectivity index (χ4n) is 3.14. The average Bonchev–Trinajstić information content (AvgIpc) is 3.23. The van der Waals surface area contributed by atoms with Gasteiger partial charge in [0.25, 0.3) is 0 Å². The quantitative estimate of drug-likeness (QED) is 0.872. The standard InChI is InChI=1S/C18H17ClN2O4/c1-23-14-3-2-11(9-13(14)19)20-18(22)21-16-12-5-7-24-15(12)8-10-4-6-25-17(10)16/h2-3,8-9H,4-7H2,1H3,(H2,20,21,22). The lowest BCUT2D eigenvalue weighted by Gasteiger charge is -2.15. The summed E-state index contributed by atoms with van der Waals surface area (Å²) in [6.07, 6.45) is 1.56. The molecule has 0 unspecified atom stereocenters. The van der Waals surface area contributed by atoms with E-state index in [9.17, 15) is 4.79 Å². The third-order valence-electron chi connectivity index (χ3n) is 4.30. The molecule has 6 nitrogen and oxygen atoms in total. The lowest BCUT2D eigenvalue weighted by Crippen LogP contribution is -2.20. The van der Waals surface area contributed by atoms with Gasteiger partial charge in [0.2, 0.25) is 0 Å². The Kier molecular flexibility index (Phi) is 4.05. The summed E-state index contributed by atoms with van der Waals surface area (Å²) in [5.74, 6) is 2.12. The lowest BCUT2D eigenvalue weighted by atomic mass is 10.0. The molecule has 7 heteroatoms. The molecule has 0 saturated carbocycles. The van der Waals surface area contributed by atoms with E-state index in [4.69, 9.17) is 25.8 Å². The molecular formula is C18H17ClN2O4. The first-order valence-electron chi connectivity index (χ1n) is 8.01. The van der Waals surface area contributed by atoms with Crippen molar-refractivity contribution in [3.8, 4) is 17.2 Å². The summed E-state index contributed by atoms with van der Waals surface area (Å²) < 4.78 is 16.5. The number of methoxy groups -OCH3 is 1. The van der Waals surface area contributed by atoms with Crippen molar-refractivity contribution in [1.82, 2.24) is 0 Å². The zero-order chi connectivity index (χ0) is 17.4. The van der Waals surface area contributed by atoms with Crippen LogP contribution in [0.25, 0.3) is 0 Å². The number of rotatable bonds is 3. The fraction of sp³-hybridized carbons (Fsp3) is 0.278. The summed E-state index contributed by atoms with van der Waals surface area (Å²) in [5.41, 5.74) is 3.30. The number of anilines is 2. The maximum Gasteiger partial charge on any atom is 0.323 e. The van der Waals surface area contributed by atoms with Crippen LogP contribution < -0.4 is 24.8 Å². The second-order valence-electron chi connectivity index (χ2n) is 5.84. The van der Waals surface area contributed by atoms with Crippen molar-refractivity contribution < 1.29 is 19.0 Å². The van der Waals surface area contributed by atoms with Gasteiger partial charge in [-0.3, -0.25) is 0 Å². The van der Waals surface area contributed by atoms with E-state index >= 15 is 0 Å². The molecule has 2 aliphatic heterocycles. The Labute approximate surface area is 150 Å². The van der Waals surface area contributed by atoms with Crippen molar-refractivity contribution in [2.24, 2.45) is 0 Å². The van der Waals surface area contributed by atoms with Crippen LogP contribution in [0.1, 0.15) is 11.1 Å². The molecule has 0 saturated heterocycles. The van der Waals surface area contributed by atoms with E-state index in [0.717, 1.165) is 35.5 Å². The summed E-state index contributed by atoms with van der Waals surface area (Å²) >= 11 is 6.09. The minimum absolute atomic E-state index is 0.362. The van der Waals surface area contributed by atoms with E-state index in [1.807, 2.05) is 6.07 Å². The number of fused-ring (bicyclic) bond motifs is 2. The number of benzene rings is 2. The summed E-state index contributed by atoms with van der Waals surface area (Å²) in [7, 11) is 1.54. The average molecular weight is 361 g/mol. The van der Waals surface area contributed by atoms with Crippen molar-refractivity contribution in [3.05, 3.63) is 40.4 Å². The van der Waals surface area contributed by atoms with Gasteiger partial charge < -0.3 is 24.8 Å². The molecule has 130 valence electrons. The summed E-state index contributed by atoms with van der Waals surface area (Å²) in [6.45, 7) is 1.23. The predicted molar refractivity (Wildman–Crippen MR) is 95.5 cm³/mol. The van der Waals surface area contributed by atoms with Gasteiger partial charge in [0, 0.05) is 29.7 Å². The first kappa shape index (κ1) is 15.9. The molecule has 2 amide bonds. The smallest absolute Gasteiger partial charge is 0.323 e. The Bertz CT molecular complexity index is 821. The molecule has 2 heterocycles. The first-order chi connectivity index (χ1) is 12.2. The maximum atomic E-state index is 12.5. The van der Waals surface area contributed by atoms with Crippen molar-refractivity contribution in [3.63, 3.8) is 0 Å². The SMILES string of the molecule is COc1ccc(NC(=O)Nc2c3c(cc4c2OCC4)OCC3)cc1Cl. The number of ether oxygens (including phenoxy) is 3. The Morgan fingerprint density at radius 2 is 2.00 bits per heavy atom. The number of carbonyl (C=O) groups excluding carboxylic acids is 1. The molecule has 0 radical (unpaired) electrons. The molecule has 4 rings (SSSR count). The zero-order valence-corrected chi connectivity index (χ0v) is 14.4. The predicted octanol–water partition coefficient (Wildman–Crippen LogP) is 3.86. The molecular weight excluding hydrogens is 344 g/mol. The van der Waals surface area contributed by atoms with Crippen molar-refractivity contribution in [2.45, 2.75) is 12.8 Å². The zero-order valence-electron chi connectivity index (χ0n) is 13.6. The highest BCUT2D eigenvalue weighted by Crippen LogP contribution is 2.44. The van der Waals surface area contributed by atoms with Crippen LogP contribution in [-0.4, -0.2) is 26.4 Å². The Morgan fingerprint density at radius 3 is 2.80 bits per heavy atom. The van der Waals surface area contributed by atoms with Gasteiger partial charge in [-0.2, -0.15) is 0 Å². The molecule has 0 bridgehead atoms. The summed E-state index contributed by atoms with van der Waals surface area (Å²) in [5, 5.41) is 6.12. The van der Waals surface area contributed by atoms with Gasteiger partial charge >= 0.3 is 6.03 Å². The van der Waals surface area contributed by atoms with Crippen molar-refractivity contribution >= 4 is 29.0 Å². The molecule has 25 heavy (non-hydrogen) atoms. The largest absolute Gasteiger partial charge is 0.495 e. The monoisotopic (exact) mass is 360 g/mol. The van der Waals surface area contributed by atoms with Crippen LogP contribution >= 0.6 is 11.6 Å². The molecule has 0 aromatic heterocycles. The second-order valence-corrected chi connectivity index (χ2v) is 6.25.